The lowest BCUT2D eigenvalue weighted by Crippen LogP contribution is -2.43. The highest BCUT2D eigenvalue weighted by Gasteiger charge is 2.43. The maximum Gasteiger partial charge on any atom is 0.218 e. The Labute approximate surface area is 178 Å². The Morgan fingerprint density at radius 3 is 2.45 bits per heavy atom. The third-order valence-corrected chi connectivity index (χ3v) is 7.68. The van der Waals surface area contributed by atoms with Gasteiger partial charge in [-0.15, -0.1) is 0 Å². The number of aliphatic hydroxyl groups is 1. The van der Waals surface area contributed by atoms with Crippen molar-refractivity contribution < 1.29 is 18.3 Å². The smallest absolute Gasteiger partial charge is 0.218 e. The molecule has 0 saturated carbocycles. The molecule has 1 aliphatic rings. The summed E-state index contributed by atoms with van der Waals surface area (Å²) in [6.07, 6.45) is 1.43. The zero-order chi connectivity index (χ0) is 21.0. The molecule has 1 saturated heterocycles. The van der Waals surface area contributed by atoms with Crippen LogP contribution in [0.25, 0.3) is 0 Å². The fraction of sp³-hybridized carbons (Fsp3) is 0.409. The number of benzene rings is 2. The van der Waals surface area contributed by atoms with Crippen molar-refractivity contribution in [3.63, 3.8) is 0 Å². The van der Waals surface area contributed by atoms with Crippen LogP contribution in [0.2, 0.25) is 0 Å². The van der Waals surface area contributed by atoms with E-state index in [1.165, 1.54) is 4.31 Å². The summed E-state index contributed by atoms with van der Waals surface area (Å²) in [5.74, 6) is 0.900. The Kier molecular flexibility index (Phi) is 6.93. The van der Waals surface area contributed by atoms with Crippen LogP contribution in [0.15, 0.2) is 54.6 Å². The zero-order valence-corrected chi connectivity index (χ0v) is 18.3. The Morgan fingerprint density at radius 2 is 1.86 bits per heavy atom. The highest BCUT2D eigenvalue weighted by atomic mass is 32.2. The van der Waals surface area contributed by atoms with Crippen molar-refractivity contribution >= 4 is 27.3 Å². The fourth-order valence-electron chi connectivity index (χ4n) is 4.10. The molecule has 2 unspecified atom stereocenters. The largest absolute Gasteiger partial charge is 0.501 e. The molecule has 0 bridgehead atoms. The third kappa shape index (κ3) is 5.15. The molecule has 1 aliphatic heterocycles. The quantitative estimate of drug-likeness (QED) is 0.629. The topological polar surface area (TPSA) is 66.8 Å². The average molecular weight is 434 g/mol. The maximum atomic E-state index is 13.0. The fourth-order valence-corrected chi connectivity index (χ4v) is 6.27. The highest BCUT2D eigenvalue weighted by molar-refractivity contribution is 7.88. The number of rotatable bonds is 8. The summed E-state index contributed by atoms with van der Waals surface area (Å²) in [5.41, 5.74) is 1.88. The first-order chi connectivity index (χ1) is 13.8. The number of ether oxygens (including phenoxy) is 1. The van der Waals surface area contributed by atoms with Gasteiger partial charge >= 0.3 is 0 Å². The molecule has 3 atom stereocenters. The maximum absolute atomic E-state index is 13.0. The second-order valence-corrected chi connectivity index (χ2v) is 9.93. The van der Waals surface area contributed by atoms with Gasteiger partial charge < -0.3 is 9.84 Å². The van der Waals surface area contributed by atoms with Crippen LogP contribution in [-0.2, 0) is 15.8 Å². The molecule has 3 rings (SSSR count). The van der Waals surface area contributed by atoms with E-state index < -0.39 is 16.1 Å². The first-order valence-corrected chi connectivity index (χ1v) is 11.7. The molecule has 0 amide bonds. The lowest BCUT2D eigenvalue weighted by Gasteiger charge is -2.27. The molecule has 1 heterocycles. The Hall–Kier alpha value is -1.96. The van der Waals surface area contributed by atoms with Gasteiger partial charge in [0.1, 0.15) is 5.75 Å². The van der Waals surface area contributed by atoms with Crippen molar-refractivity contribution in [2.75, 3.05) is 13.7 Å². The summed E-state index contributed by atoms with van der Waals surface area (Å²) in [4.78, 5) is 0. The molecule has 156 valence electrons. The summed E-state index contributed by atoms with van der Waals surface area (Å²) in [6.45, 7) is 2.49. The van der Waals surface area contributed by atoms with E-state index >= 15 is 0 Å². The molecule has 0 aliphatic carbocycles. The molecule has 1 fully saturated rings. The Bertz CT molecular complexity index is 929. The van der Waals surface area contributed by atoms with Crippen LogP contribution in [0.1, 0.15) is 36.8 Å². The van der Waals surface area contributed by atoms with Gasteiger partial charge in [0.15, 0.2) is 5.05 Å². The van der Waals surface area contributed by atoms with Crippen molar-refractivity contribution in [1.29, 1.82) is 0 Å². The molecule has 7 heteroatoms. The van der Waals surface area contributed by atoms with Gasteiger partial charge in [-0.1, -0.05) is 49.4 Å². The molecule has 0 spiro atoms. The van der Waals surface area contributed by atoms with Crippen LogP contribution in [-0.4, -0.2) is 42.6 Å². The standard InChI is InChI=1S/C22H27NO4S2/c1-16(18-8-10-20(27-2)11-9-18)14-19-12-13-23(21(19)22(24)28)29(25,26)15-17-6-4-3-5-7-17/h3-11,16,19,21H,12-15H2,1-2H3,(H,24,28)/t16-,19?,21?/m0/s1. The van der Waals surface area contributed by atoms with Crippen molar-refractivity contribution in [1.82, 2.24) is 4.31 Å². The number of nitrogens with zero attached hydrogens (tertiary/aromatic N) is 1. The van der Waals surface area contributed by atoms with Crippen LogP contribution in [0.4, 0.5) is 0 Å². The summed E-state index contributed by atoms with van der Waals surface area (Å²) in [7, 11) is -1.95. The van der Waals surface area contributed by atoms with Gasteiger partial charge in [-0.2, -0.15) is 4.31 Å². The minimum absolute atomic E-state index is 0.0184. The molecule has 2 aromatic rings. The summed E-state index contributed by atoms with van der Waals surface area (Å²) >= 11 is 5.08. The lowest BCUT2D eigenvalue weighted by molar-refractivity contribution is 0.349. The van der Waals surface area contributed by atoms with Crippen molar-refractivity contribution in [2.24, 2.45) is 5.92 Å². The van der Waals surface area contributed by atoms with Gasteiger partial charge in [0.05, 0.1) is 18.9 Å². The van der Waals surface area contributed by atoms with Crippen LogP contribution in [0.5, 0.6) is 5.75 Å². The number of sulfonamides is 1. The van der Waals surface area contributed by atoms with Gasteiger partial charge in [0.2, 0.25) is 10.0 Å². The number of methoxy groups -OCH3 is 1. The highest BCUT2D eigenvalue weighted by Crippen LogP contribution is 2.36. The molecule has 5 nitrogen and oxygen atoms in total. The molecule has 0 radical (unpaired) electrons. The Balaban J connectivity index is 1.74. The van der Waals surface area contributed by atoms with Gasteiger partial charge in [-0.05, 0) is 60.2 Å². The lowest BCUT2D eigenvalue weighted by atomic mass is 9.86. The SMILES string of the molecule is COc1ccc([C@@H](C)CC2CCN(S(=O)(=O)Cc3ccccc3)C2C(O)=S)cc1. The van der Waals surface area contributed by atoms with E-state index in [0.717, 1.165) is 23.3 Å². The summed E-state index contributed by atoms with van der Waals surface area (Å²) in [6, 6.07) is 16.3. The number of aliphatic hydroxyl groups excluding tert-OH is 1. The minimum atomic E-state index is -3.58. The second kappa shape index (κ2) is 9.24. The summed E-state index contributed by atoms with van der Waals surface area (Å²) < 4.78 is 32.7. The van der Waals surface area contributed by atoms with Gasteiger partial charge in [0, 0.05) is 6.54 Å². The van der Waals surface area contributed by atoms with E-state index in [9.17, 15) is 13.5 Å². The zero-order valence-electron chi connectivity index (χ0n) is 16.7. The minimum Gasteiger partial charge on any atom is -0.501 e. The van der Waals surface area contributed by atoms with E-state index in [4.69, 9.17) is 17.0 Å². The van der Waals surface area contributed by atoms with E-state index in [-0.39, 0.29) is 22.6 Å². The van der Waals surface area contributed by atoms with E-state index in [0.29, 0.717) is 13.0 Å². The molecule has 0 aromatic heterocycles. The molecular formula is C22H27NO4S2. The third-order valence-electron chi connectivity index (χ3n) is 5.62. The van der Waals surface area contributed by atoms with Gasteiger partial charge in [-0.25, -0.2) is 8.42 Å². The Morgan fingerprint density at radius 1 is 1.21 bits per heavy atom. The van der Waals surface area contributed by atoms with Crippen molar-refractivity contribution in [2.45, 2.75) is 37.5 Å². The van der Waals surface area contributed by atoms with Crippen molar-refractivity contribution in [3.05, 3.63) is 65.7 Å². The monoisotopic (exact) mass is 433 g/mol. The normalized spacial score (nSPS) is 21.0. The van der Waals surface area contributed by atoms with Gasteiger partial charge in [-0.3, -0.25) is 0 Å². The van der Waals surface area contributed by atoms with E-state index in [2.05, 4.69) is 6.92 Å². The molecule has 2 aromatic carbocycles. The van der Waals surface area contributed by atoms with Crippen molar-refractivity contribution in [3.8, 4) is 5.75 Å². The molecule has 29 heavy (non-hydrogen) atoms. The predicted molar refractivity (Wildman–Crippen MR) is 119 cm³/mol. The van der Waals surface area contributed by atoms with Crippen LogP contribution in [0.3, 0.4) is 0 Å². The average Bonchev–Trinajstić information content (AvgIpc) is 3.13. The molecule has 1 N–H and O–H groups in total. The van der Waals surface area contributed by atoms with Gasteiger partial charge in [0.25, 0.3) is 0 Å². The number of hydrogen-bond donors (Lipinski definition) is 1. The van der Waals surface area contributed by atoms with Crippen LogP contribution < -0.4 is 4.74 Å². The summed E-state index contributed by atoms with van der Waals surface area (Å²) in [5, 5.41) is 9.94. The van der Waals surface area contributed by atoms with E-state index in [1.807, 2.05) is 42.5 Å². The first-order valence-electron chi connectivity index (χ1n) is 9.72. The van der Waals surface area contributed by atoms with Crippen LogP contribution >= 0.6 is 12.2 Å². The second-order valence-electron chi connectivity index (χ2n) is 7.59. The van der Waals surface area contributed by atoms with E-state index in [1.54, 1.807) is 19.2 Å². The number of hydrogen-bond acceptors (Lipinski definition) is 4. The predicted octanol–water partition coefficient (Wildman–Crippen LogP) is 4.29. The number of thiocarbonyl (C=S) groups is 1. The first kappa shape index (κ1) is 21.7. The van der Waals surface area contributed by atoms with Crippen LogP contribution in [0, 0.1) is 5.92 Å². The molecular weight excluding hydrogens is 406 g/mol.